The molecule has 0 radical (unpaired) electrons. The molecule has 142 valence electrons. The van der Waals surface area contributed by atoms with Gasteiger partial charge in [0, 0.05) is 26.1 Å². The maximum Gasteiger partial charge on any atom is 0.230 e. The number of benzene rings is 1. The molecule has 2 N–H and O–H groups in total. The Balaban J connectivity index is 1.70. The SMILES string of the molecule is CCCCc1nc(-c2cccc(OCc3nc(N)nc(N(C)C)n3)c2)no1. The van der Waals surface area contributed by atoms with Crippen LogP contribution in [0.5, 0.6) is 5.75 Å². The Morgan fingerprint density at radius 3 is 2.78 bits per heavy atom. The molecule has 0 atom stereocenters. The van der Waals surface area contributed by atoms with Gasteiger partial charge < -0.3 is 19.9 Å². The van der Waals surface area contributed by atoms with E-state index in [1.54, 1.807) is 4.90 Å². The molecule has 0 aliphatic rings. The first kappa shape index (κ1) is 18.6. The number of rotatable bonds is 8. The minimum atomic E-state index is 0.160. The zero-order valence-corrected chi connectivity index (χ0v) is 15.7. The van der Waals surface area contributed by atoms with E-state index in [4.69, 9.17) is 15.0 Å². The third-order valence-electron chi connectivity index (χ3n) is 3.76. The second kappa shape index (κ2) is 8.43. The maximum absolute atomic E-state index is 5.80. The summed E-state index contributed by atoms with van der Waals surface area (Å²) in [6, 6.07) is 7.48. The first-order valence-corrected chi connectivity index (χ1v) is 8.78. The second-order valence-corrected chi connectivity index (χ2v) is 6.24. The first-order chi connectivity index (χ1) is 13.0. The Morgan fingerprint density at radius 1 is 1.15 bits per heavy atom. The van der Waals surface area contributed by atoms with Gasteiger partial charge in [0.25, 0.3) is 0 Å². The fraction of sp³-hybridized carbons (Fsp3) is 0.389. The number of unbranched alkanes of at least 4 members (excludes halogenated alkanes) is 1. The Morgan fingerprint density at radius 2 is 2.00 bits per heavy atom. The lowest BCUT2D eigenvalue weighted by atomic mass is 10.2. The van der Waals surface area contributed by atoms with Crippen LogP contribution >= 0.6 is 0 Å². The summed E-state index contributed by atoms with van der Waals surface area (Å²) < 4.78 is 11.1. The number of hydrogen-bond donors (Lipinski definition) is 1. The molecule has 0 aliphatic heterocycles. The van der Waals surface area contributed by atoms with Crippen LogP contribution < -0.4 is 15.4 Å². The van der Waals surface area contributed by atoms with Crippen molar-refractivity contribution >= 4 is 11.9 Å². The van der Waals surface area contributed by atoms with Crippen molar-refractivity contribution in [3.63, 3.8) is 0 Å². The van der Waals surface area contributed by atoms with Gasteiger partial charge in [-0.3, -0.25) is 0 Å². The zero-order chi connectivity index (χ0) is 19.2. The molecule has 1 aromatic carbocycles. The summed E-state index contributed by atoms with van der Waals surface area (Å²) in [4.78, 5) is 18.7. The third kappa shape index (κ3) is 4.90. The third-order valence-corrected chi connectivity index (χ3v) is 3.76. The van der Waals surface area contributed by atoms with Gasteiger partial charge in [-0.2, -0.15) is 19.9 Å². The number of nitrogens with zero attached hydrogens (tertiary/aromatic N) is 6. The molecule has 3 rings (SSSR count). The predicted molar refractivity (Wildman–Crippen MR) is 101 cm³/mol. The van der Waals surface area contributed by atoms with E-state index in [9.17, 15) is 0 Å². The number of anilines is 2. The molecule has 0 aliphatic carbocycles. The minimum absolute atomic E-state index is 0.160. The van der Waals surface area contributed by atoms with Crippen molar-refractivity contribution in [1.29, 1.82) is 0 Å². The molecular formula is C18H23N7O2. The van der Waals surface area contributed by atoms with E-state index in [1.807, 2.05) is 38.4 Å². The summed E-state index contributed by atoms with van der Waals surface area (Å²) >= 11 is 0. The van der Waals surface area contributed by atoms with Gasteiger partial charge in [-0.05, 0) is 18.6 Å². The summed E-state index contributed by atoms with van der Waals surface area (Å²) in [5, 5.41) is 4.04. The van der Waals surface area contributed by atoms with Gasteiger partial charge in [0.05, 0.1) is 0 Å². The number of ether oxygens (including phenoxy) is 1. The fourth-order valence-corrected chi connectivity index (χ4v) is 2.36. The number of hydrogen-bond acceptors (Lipinski definition) is 9. The van der Waals surface area contributed by atoms with Crippen LogP contribution in [-0.2, 0) is 13.0 Å². The van der Waals surface area contributed by atoms with Crippen LogP contribution in [0.4, 0.5) is 11.9 Å². The van der Waals surface area contributed by atoms with Crippen LogP contribution in [0.1, 0.15) is 31.5 Å². The molecular weight excluding hydrogens is 346 g/mol. The van der Waals surface area contributed by atoms with E-state index < -0.39 is 0 Å². The lowest BCUT2D eigenvalue weighted by molar-refractivity contribution is 0.296. The van der Waals surface area contributed by atoms with Crippen LogP contribution in [0.25, 0.3) is 11.4 Å². The highest BCUT2D eigenvalue weighted by molar-refractivity contribution is 5.56. The van der Waals surface area contributed by atoms with Crippen molar-refractivity contribution < 1.29 is 9.26 Å². The lowest BCUT2D eigenvalue weighted by Crippen LogP contribution is -2.16. The van der Waals surface area contributed by atoms with E-state index in [2.05, 4.69) is 32.0 Å². The van der Waals surface area contributed by atoms with Gasteiger partial charge in [-0.25, -0.2) is 0 Å². The Kier molecular flexibility index (Phi) is 5.80. The number of nitrogen functional groups attached to an aromatic ring is 1. The van der Waals surface area contributed by atoms with E-state index >= 15 is 0 Å². The molecule has 2 heterocycles. The fourth-order valence-electron chi connectivity index (χ4n) is 2.36. The lowest BCUT2D eigenvalue weighted by Gasteiger charge is -2.12. The molecule has 2 aromatic heterocycles. The monoisotopic (exact) mass is 369 g/mol. The Labute approximate surface area is 157 Å². The highest BCUT2D eigenvalue weighted by Gasteiger charge is 2.10. The average Bonchev–Trinajstić information content (AvgIpc) is 3.13. The quantitative estimate of drug-likeness (QED) is 0.639. The van der Waals surface area contributed by atoms with Crippen molar-refractivity contribution in [3.05, 3.63) is 36.0 Å². The summed E-state index contributed by atoms with van der Waals surface area (Å²) in [5.74, 6) is 2.95. The predicted octanol–water partition coefficient (Wildman–Crippen LogP) is 2.49. The second-order valence-electron chi connectivity index (χ2n) is 6.24. The van der Waals surface area contributed by atoms with Gasteiger partial charge >= 0.3 is 0 Å². The summed E-state index contributed by atoms with van der Waals surface area (Å²) in [6.45, 7) is 2.30. The molecule has 0 bridgehead atoms. The molecule has 9 nitrogen and oxygen atoms in total. The first-order valence-electron chi connectivity index (χ1n) is 8.78. The smallest absolute Gasteiger partial charge is 0.230 e. The van der Waals surface area contributed by atoms with Crippen molar-refractivity contribution in [2.24, 2.45) is 0 Å². The standard InChI is InChI=1S/C18H23N7O2/c1-4-5-9-15-22-16(24-27-15)12-7-6-8-13(10-12)26-11-14-20-17(19)23-18(21-14)25(2)3/h6-8,10H,4-5,9,11H2,1-3H3,(H2,19,20,21,23). The summed E-state index contributed by atoms with van der Waals surface area (Å²) in [5.41, 5.74) is 6.55. The summed E-state index contributed by atoms with van der Waals surface area (Å²) in [6.07, 6.45) is 2.89. The highest BCUT2D eigenvalue weighted by Crippen LogP contribution is 2.22. The average molecular weight is 369 g/mol. The Bertz CT molecular complexity index is 895. The number of nitrogens with two attached hydrogens (primary N) is 1. The van der Waals surface area contributed by atoms with Crippen molar-refractivity contribution in [3.8, 4) is 17.1 Å². The maximum atomic E-state index is 5.80. The summed E-state index contributed by atoms with van der Waals surface area (Å²) in [7, 11) is 3.67. The molecule has 0 amide bonds. The van der Waals surface area contributed by atoms with Crippen molar-refractivity contribution in [2.45, 2.75) is 32.8 Å². The van der Waals surface area contributed by atoms with E-state index in [1.165, 1.54) is 0 Å². The van der Waals surface area contributed by atoms with Gasteiger partial charge in [-0.1, -0.05) is 30.6 Å². The van der Waals surface area contributed by atoms with Crippen LogP contribution in [-0.4, -0.2) is 39.2 Å². The van der Waals surface area contributed by atoms with Gasteiger partial charge in [0.1, 0.15) is 12.4 Å². The number of aromatic nitrogens is 5. The molecule has 0 saturated carbocycles. The largest absolute Gasteiger partial charge is 0.486 e. The zero-order valence-electron chi connectivity index (χ0n) is 15.7. The topological polar surface area (TPSA) is 116 Å². The minimum Gasteiger partial charge on any atom is -0.486 e. The van der Waals surface area contributed by atoms with Crippen LogP contribution in [0, 0.1) is 0 Å². The van der Waals surface area contributed by atoms with Crippen LogP contribution in [0.15, 0.2) is 28.8 Å². The molecule has 27 heavy (non-hydrogen) atoms. The van der Waals surface area contributed by atoms with Crippen LogP contribution in [0.2, 0.25) is 0 Å². The molecule has 0 unspecified atom stereocenters. The normalized spacial score (nSPS) is 10.8. The molecule has 3 aromatic rings. The molecule has 0 saturated heterocycles. The van der Waals surface area contributed by atoms with Crippen LogP contribution in [0.3, 0.4) is 0 Å². The molecule has 0 fully saturated rings. The van der Waals surface area contributed by atoms with E-state index in [0.717, 1.165) is 24.8 Å². The van der Waals surface area contributed by atoms with Crippen molar-refractivity contribution in [2.75, 3.05) is 24.7 Å². The highest BCUT2D eigenvalue weighted by atomic mass is 16.5. The van der Waals surface area contributed by atoms with Gasteiger partial charge in [0.15, 0.2) is 5.82 Å². The van der Waals surface area contributed by atoms with Gasteiger partial charge in [0.2, 0.25) is 23.6 Å². The van der Waals surface area contributed by atoms with E-state index in [-0.39, 0.29) is 12.6 Å². The molecule has 9 heteroatoms. The number of aryl methyl sites for hydroxylation is 1. The van der Waals surface area contributed by atoms with E-state index in [0.29, 0.717) is 29.2 Å². The van der Waals surface area contributed by atoms with Crippen molar-refractivity contribution in [1.82, 2.24) is 25.1 Å². The van der Waals surface area contributed by atoms with Gasteiger partial charge in [-0.15, -0.1) is 0 Å². The Hall–Kier alpha value is -3.23. The molecule has 0 spiro atoms.